The van der Waals surface area contributed by atoms with E-state index in [1.165, 1.54) is 12.1 Å². The topological polar surface area (TPSA) is 49.8 Å². The molecule has 2 rings (SSSR count). The molecule has 0 unspecified atom stereocenters. The summed E-state index contributed by atoms with van der Waals surface area (Å²) in [4.78, 5) is 13.8. The molecule has 0 radical (unpaired) electrons. The van der Waals surface area contributed by atoms with Crippen LogP contribution in [0.4, 0.5) is 8.78 Å². The molecule has 4 nitrogen and oxygen atoms in total. The van der Waals surface area contributed by atoms with Gasteiger partial charge in [-0.15, -0.1) is 0 Å². The zero-order chi connectivity index (χ0) is 15.4. The van der Waals surface area contributed by atoms with E-state index in [1.807, 2.05) is 0 Å². The molecule has 1 aromatic carbocycles. The highest BCUT2D eigenvalue weighted by Gasteiger charge is 2.34. The third-order valence-electron chi connectivity index (χ3n) is 3.86. The van der Waals surface area contributed by atoms with Gasteiger partial charge in [0.15, 0.2) is 0 Å². The Kier molecular flexibility index (Phi) is 5.25. The molecule has 0 aliphatic carbocycles. The Morgan fingerprint density at radius 3 is 2.86 bits per heavy atom. The van der Waals surface area contributed by atoms with Gasteiger partial charge in [0.05, 0.1) is 18.8 Å². The van der Waals surface area contributed by atoms with Crippen molar-refractivity contribution in [1.82, 2.24) is 4.90 Å². The zero-order valence-corrected chi connectivity index (χ0v) is 11.9. The number of likely N-dealkylation sites (tertiary alicyclic amines) is 1. The van der Waals surface area contributed by atoms with E-state index in [-0.39, 0.29) is 37.5 Å². The van der Waals surface area contributed by atoms with Crippen LogP contribution >= 0.6 is 0 Å². The largest absolute Gasteiger partial charge is 0.394 e. The molecule has 0 bridgehead atoms. The molecule has 6 heteroatoms. The van der Waals surface area contributed by atoms with E-state index in [1.54, 1.807) is 12.0 Å². The highest BCUT2D eigenvalue weighted by molar-refractivity contribution is 5.77. The first-order chi connectivity index (χ1) is 10.0. The third-order valence-corrected chi connectivity index (χ3v) is 3.86. The molecular formula is C15H19F2NO3. The molecule has 1 fully saturated rings. The predicted octanol–water partition coefficient (Wildman–Crippen LogP) is 1.51. The van der Waals surface area contributed by atoms with Crippen molar-refractivity contribution >= 4 is 5.91 Å². The van der Waals surface area contributed by atoms with E-state index >= 15 is 0 Å². The molecule has 2 atom stereocenters. The predicted molar refractivity (Wildman–Crippen MR) is 72.7 cm³/mol. The Morgan fingerprint density at radius 2 is 2.24 bits per heavy atom. The zero-order valence-electron chi connectivity index (χ0n) is 11.9. The van der Waals surface area contributed by atoms with Gasteiger partial charge in [-0.2, -0.15) is 0 Å². The Balaban J connectivity index is 1.95. The molecule has 21 heavy (non-hydrogen) atoms. The van der Waals surface area contributed by atoms with Crippen molar-refractivity contribution in [3.8, 4) is 0 Å². The van der Waals surface area contributed by atoms with Gasteiger partial charge in [-0.3, -0.25) is 4.79 Å². The van der Waals surface area contributed by atoms with Crippen LogP contribution in [0.15, 0.2) is 18.2 Å². The van der Waals surface area contributed by atoms with E-state index in [0.29, 0.717) is 18.5 Å². The summed E-state index contributed by atoms with van der Waals surface area (Å²) in [7, 11) is 1.57. The minimum absolute atomic E-state index is 0.0753. The number of hydrogen-bond donors (Lipinski definition) is 1. The monoisotopic (exact) mass is 299 g/mol. The van der Waals surface area contributed by atoms with Gasteiger partial charge in [-0.25, -0.2) is 8.78 Å². The number of rotatable bonds is 5. The van der Waals surface area contributed by atoms with Crippen molar-refractivity contribution in [2.45, 2.75) is 31.4 Å². The summed E-state index contributed by atoms with van der Waals surface area (Å²) in [6.45, 7) is 0.322. The number of carbonyl (C=O) groups is 1. The van der Waals surface area contributed by atoms with E-state index < -0.39 is 11.6 Å². The van der Waals surface area contributed by atoms with E-state index in [0.717, 1.165) is 6.07 Å². The fourth-order valence-electron chi connectivity index (χ4n) is 2.63. The third kappa shape index (κ3) is 3.77. The summed E-state index contributed by atoms with van der Waals surface area (Å²) in [5.74, 6) is -1.43. The lowest BCUT2D eigenvalue weighted by atomic mass is 10.1. The molecule has 1 heterocycles. The number of nitrogens with zero attached hydrogens (tertiary/aromatic N) is 1. The number of hydrogen-bond acceptors (Lipinski definition) is 3. The van der Waals surface area contributed by atoms with Crippen LogP contribution in [0.5, 0.6) is 0 Å². The van der Waals surface area contributed by atoms with E-state index in [2.05, 4.69) is 0 Å². The van der Waals surface area contributed by atoms with Crippen LogP contribution in [0.3, 0.4) is 0 Å². The normalized spacial score (nSPS) is 21.8. The number of aliphatic hydroxyl groups is 1. The molecule has 1 saturated heterocycles. The van der Waals surface area contributed by atoms with Crippen molar-refractivity contribution in [3.05, 3.63) is 35.4 Å². The summed E-state index contributed by atoms with van der Waals surface area (Å²) >= 11 is 0. The van der Waals surface area contributed by atoms with Gasteiger partial charge in [-0.1, -0.05) is 6.07 Å². The molecule has 1 amide bonds. The Bertz CT molecular complexity index is 510. The highest BCUT2D eigenvalue weighted by Crippen LogP contribution is 2.21. The van der Waals surface area contributed by atoms with Crippen LogP contribution in [0.1, 0.15) is 18.4 Å². The molecule has 0 spiro atoms. The Hall–Kier alpha value is -1.53. The van der Waals surface area contributed by atoms with E-state index in [4.69, 9.17) is 4.74 Å². The number of halogens is 2. The van der Waals surface area contributed by atoms with Crippen LogP contribution in [-0.2, 0) is 16.0 Å². The first kappa shape index (κ1) is 15.9. The summed E-state index contributed by atoms with van der Waals surface area (Å²) < 4.78 is 31.5. The minimum Gasteiger partial charge on any atom is -0.394 e. The lowest BCUT2D eigenvalue weighted by Crippen LogP contribution is -2.38. The number of benzene rings is 1. The van der Waals surface area contributed by atoms with Crippen LogP contribution in [0.2, 0.25) is 0 Å². The fourth-order valence-corrected chi connectivity index (χ4v) is 2.63. The molecule has 1 N–H and O–H groups in total. The van der Waals surface area contributed by atoms with Gasteiger partial charge in [-0.05, 0) is 24.5 Å². The number of aliphatic hydroxyl groups excluding tert-OH is 1. The number of carbonyl (C=O) groups excluding carboxylic acids is 1. The van der Waals surface area contributed by atoms with Crippen molar-refractivity contribution in [3.63, 3.8) is 0 Å². The second-order valence-electron chi connectivity index (χ2n) is 5.21. The summed E-state index contributed by atoms with van der Waals surface area (Å²) in [5.41, 5.74) is 0.313. The van der Waals surface area contributed by atoms with Crippen LogP contribution in [0, 0.1) is 11.6 Å². The van der Waals surface area contributed by atoms with Crippen LogP contribution in [0.25, 0.3) is 0 Å². The first-order valence-electron chi connectivity index (χ1n) is 6.92. The average Bonchev–Trinajstić information content (AvgIpc) is 2.89. The van der Waals surface area contributed by atoms with Crippen molar-refractivity contribution < 1.29 is 23.4 Å². The summed E-state index contributed by atoms with van der Waals surface area (Å²) in [6.07, 6.45) is 0.852. The second-order valence-corrected chi connectivity index (χ2v) is 5.21. The maximum absolute atomic E-state index is 13.5. The number of aryl methyl sites for hydroxylation is 1. The van der Waals surface area contributed by atoms with Gasteiger partial charge in [0.1, 0.15) is 11.6 Å². The van der Waals surface area contributed by atoms with Crippen LogP contribution < -0.4 is 0 Å². The van der Waals surface area contributed by atoms with Gasteiger partial charge in [0.25, 0.3) is 0 Å². The maximum atomic E-state index is 13.5. The molecule has 0 aromatic heterocycles. The standard InChI is InChI=1S/C15H19F2NO3/c1-21-13-7-12(9-19)18(8-13)15(20)5-3-10-2-4-11(16)6-14(10)17/h2,4,6,12-13,19H,3,5,7-9H2,1H3/t12-,13+/m0/s1. The fraction of sp³-hybridized carbons (Fsp3) is 0.533. The number of ether oxygens (including phenoxy) is 1. The average molecular weight is 299 g/mol. The van der Waals surface area contributed by atoms with Gasteiger partial charge in [0.2, 0.25) is 5.91 Å². The molecule has 1 aliphatic heterocycles. The highest BCUT2D eigenvalue weighted by atomic mass is 19.1. The van der Waals surface area contributed by atoms with Crippen LogP contribution in [-0.4, -0.2) is 48.3 Å². The number of methoxy groups -OCH3 is 1. The van der Waals surface area contributed by atoms with Gasteiger partial charge >= 0.3 is 0 Å². The molecule has 1 aromatic rings. The smallest absolute Gasteiger partial charge is 0.223 e. The molecule has 0 saturated carbocycles. The SMILES string of the molecule is CO[C@@H]1C[C@@H](CO)N(C(=O)CCc2ccc(F)cc2F)C1. The van der Waals surface area contributed by atoms with Crippen molar-refractivity contribution in [2.24, 2.45) is 0 Å². The van der Waals surface area contributed by atoms with Gasteiger partial charge < -0.3 is 14.7 Å². The first-order valence-corrected chi connectivity index (χ1v) is 6.92. The molecular weight excluding hydrogens is 280 g/mol. The second kappa shape index (κ2) is 6.95. The minimum atomic E-state index is -0.641. The Labute approximate surface area is 122 Å². The quantitative estimate of drug-likeness (QED) is 0.896. The van der Waals surface area contributed by atoms with Crippen molar-refractivity contribution in [1.29, 1.82) is 0 Å². The Morgan fingerprint density at radius 1 is 1.48 bits per heavy atom. The molecule has 1 aliphatic rings. The summed E-state index contributed by atoms with van der Waals surface area (Å²) in [5, 5.41) is 9.31. The lowest BCUT2D eigenvalue weighted by molar-refractivity contribution is -0.133. The van der Waals surface area contributed by atoms with E-state index in [9.17, 15) is 18.7 Å². The molecule has 116 valence electrons. The van der Waals surface area contributed by atoms with Gasteiger partial charge in [0, 0.05) is 26.1 Å². The summed E-state index contributed by atoms with van der Waals surface area (Å²) in [6, 6.07) is 3.09. The number of amides is 1. The maximum Gasteiger partial charge on any atom is 0.223 e. The van der Waals surface area contributed by atoms with Crippen molar-refractivity contribution in [2.75, 3.05) is 20.3 Å². The lowest BCUT2D eigenvalue weighted by Gasteiger charge is -2.22.